The molecule has 0 spiro atoms. The number of rotatable bonds is 3. The van der Waals surface area contributed by atoms with Gasteiger partial charge in [0.25, 0.3) is 10.0 Å². The van der Waals surface area contributed by atoms with Crippen LogP contribution in [0.3, 0.4) is 0 Å². The number of piperazine rings is 1. The number of nitrogens with zero attached hydrogens (tertiary/aromatic N) is 2. The number of likely N-dealkylation sites (N-methyl/N-ethyl adjacent to an activating group) is 1. The molecule has 8 heteroatoms. The molecule has 0 unspecified atom stereocenters. The molecule has 2 amide bonds. The molecule has 7 nitrogen and oxygen atoms in total. The maximum atomic E-state index is 12.1. The lowest BCUT2D eigenvalue weighted by atomic mass is 10.3. The van der Waals surface area contributed by atoms with Crippen molar-refractivity contribution in [2.24, 2.45) is 0 Å². The van der Waals surface area contributed by atoms with Crippen molar-refractivity contribution in [1.82, 2.24) is 14.5 Å². The van der Waals surface area contributed by atoms with Crippen LogP contribution in [-0.2, 0) is 10.0 Å². The van der Waals surface area contributed by atoms with Gasteiger partial charge in [-0.15, -0.1) is 0 Å². The van der Waals surface area contributed by atoms with Gasteiger partial charge in [-0.3, -0.25) is 0 Å². The Kier molecular flexibility index (Phi) is 4.69. The zero-order valence-corrected chi connectivity index (χ0v) is 12.9. The minimum atomic E-state index is -3.86. The SMILES string of the molecule is COc1ccc(S(=O)(=O)NC(=O)N2CCN(C)CC2)cc1. The lowest BCUT2D eigenvalue weighted by molar-refractivity contribution is 0.158. The molecular weight excluding hydrogens is 294 g/mol. The van der Waals surface area contributed by atoms with E-state index < -0.39 is 16.1 Å². The number of hydrogen-bond acceptors (Lipinski definition) is 5. The summed E-state index contributed by atoms with van der Waals surface area (Å²) in [5.74, 6) is 0.555. The number of ether oxygens (including phenoxy) is 1. The third kappa shape index (κ3) is 3.85. The minimum absolute atomic E-state index is 0.0331. The lowest BCUT2D eigenvalue weighted by Gasteiger charge is -2.32. The first kappa shape index (κ1) is 15.6. The van der Waals surface area contributed by atoms with E-state index in [-0.39, 0.29) is 4.90 Å². The molecule has 0 atom stereocenters. The van der Waals surface area contributed by atoms with Crippen molar-refractivity contribution in [3.63, 3.8) is 0 Å². The van der Waals surface area contributed by atoms with Crippen LogP contribution in [0.4, 0.5) is 4.79 Å². The Morgan fingerprint density at radius 3 is 2.24 bits per heavy atom. The lowest BCUT2D eigenvalue weighted by Crippen LogP contribution is -2.51. The summed E-state index contributed by atoms with van der Waals surface area (Å²) in [6.07, 6.45) is 0. The molecule has 1 fully saturated rings. The van der Waals surface area contributed by atoms with Gasteiger partial charge in [-0.25, -0.2) is 17.9 Å². The van der Waals surface area contributed by atoms with E-state index in [1.54, 1.807) is 0 Å². The van der Waals surface area contributed by atoms with Crippen molar-refractivity contribution in [3.8, 4) is 5.75 Å². The Balaban J connectivity index is 2.04. The summed E-state index contributed by atoms with van der Waals surface area (Å²) in [6.45, 7) is 2.49. The molecule has 0 aromatic heterocycles. The van der Waals surface area contributed by atoms with Crippen LogP contribution in [0.2, 0.25) is 0 Å². The van der Waals surface area contributed by atoms with Gasteiger partial charge in [-0.2, -0.15) is 0 Å². The highest BCUT2D eigenvalue weighted by molar-refractivity contribution is 7.90. The van der Waals surface area contributed by atoms with Crippen molar-refractivity contribution < 1.29 is 17.9 Å². The first-order valence-corrected chi connectivity index (χ1v) is 8.05. The van der Waals surface area contributed by atoms with Gasteiger partial charge >= 0.3 is 6.03 Å². The van der Waals surface area contributed by atoms with Crippen LogP contribution in [0.5, 0.6) is 5.75 Å². The average Bonchev–Trinajstić information content (AvgIpc) is 2.47. The Morgan fingerprint density at radius 2 is 1.71 bits per heavy atom. The molecule has 1 saturated heterocycles. The third-order valence-electron chi connectivity index (χ3n) is 3.38. The van der Waals surface area contributed by atoms with Crippen molar-refractivity contribution in [3.05, 3.63) is 24.3 Å². The van der Waals surface area contributed by atoms with E-state index in [1.165, 1.54) is 36.3 Å². The van der Waals surface area contributed by atoms with Gasteiger partial charge < -0.3 is 14.5 Å². The Hall–Kier alpha value is -1.80. The topological polar surface area (TPSA) is 78.9 Å². The predicted octanol–water partition coefficient (Wildman–Crippen LogP) is 0.341. The van der Waals surface area contributed by atoms with Crippen LogP contribution in [0.1, 0.15) is 0 Å². The largest absolute Gasteiger partial charge is 0.497 e. The minimum Gasteiger partial charge on any atom is -0.497 e. The van der Waals surface area contributed by atoms with Crippen LogP contribution in [0.15, 0.2) is 29.2 Å². The molecule has 0 bridgehead atoms. The predicted molar refractivity (Wildman–Crippen MR) is 77.8 cm³/mol. The number of nitrogens with one attached hydrogen (secondary N) is 1. The summed E-state index contributed by atoms with van der Waals surface area (Å²) in [7, 11) is -0.397. The monoisotopic (exact) mass is 313 g/mol. The smallest absolute Gasteiger partial charge is 0.331 e. The number of hydrogen-bond donors (Lipinski definition) is 1. The van der Waals surface area contributed by atoms with E-state index in [2.05, 4.69) is 9.62 Å². The second-order valence-corrected chi connectivity index (χ2v) is 6.56. The van der Waals surface area contributed by atoms with E-state index in [0.717, 1.165) is 13.1 Å². The number of amides is 2. The Morgan fingerprint density at radius 1 is 1.14 bits per heavy atom. The maximum absolute atomic E-state index is 12.1. The van der Waals surface area contributed by atoms with Gasteiger partial charge in [0.05, 0.1) is 12.0 Å². The number of urea groups is 1. The highest BCUT2D eigenvalue weighted by atomic mass is 32.2. The number of methoxy groups -OCH3 is 1. The molecule has 1 aromatic carbocycles. The molecule has 2 rings (SSSR count). The van der Waals surface area contributed by atoms with Crippen molar-refractivity contribution in [2.45, 2.75) is 4.90 Å². The van der Waals surface area contributed by atoms with Gasteiger partial charge in [0.1, 0.15) is 5.75 Å². The summed E-state index contributed by atoms with van der Waals surface area (Å²) < 4.78 is 31.3. The standard InChI is InChI=1S/C13H19N3O4S/c1-15-7-9-16(10-8-15)13(17)14-21(18,19)12-5-3-11(20-2)4-6-12/h3-6H,7-10H2,1-2H3,(H,14,17). The van der Waals surface area contributed by atoms with E-state index in [4.69, 9.17) is 4.74 Å². The number of benzene rings is 1. The second-order valence-electron chi connectivity index (χ2n) is 4.88. The quantitative estimate of drug-likeness (QED) is 0.870. The molecule has 1 aliphatic rings. The fourth-order valence-electron chi connectivity index (χ4n) is 2.00. The Labute approximate surface area is 124 Å². The summed E-state index contributed by atoms with van der Waals surface area (Å²) >= 11 is 0. The summed E-state index contributed by atoms with van der Waals surface area (Å²) in [4.78, 5) is 15.6. The molecule has 21 heavy (non-hydrogen) atoms. The normalized spacial score (nSPS) is 16.6. The zero-order chi connectivity index (χ0) is 15.5. The Bertz CT molecular complexity index is 592. The number of carbonyl (C=O) groups is 1. The van der Waals surface area contributed by atoms with E-state index in [0.29, 0.717) is 18.8 Å². The summed E-state index contributed by atoms with van der Waals surface area (Å²) in [5.41, 5.74) is 0. The molecular formula is C13H19N3O4S. The second kappa shape index (κ2) is 6.31. The highest BCUT2D eigenvalue weighted by Crippen LogP contribution is 2.15. The van der Waals surface area contributed by atoms with Crippen LogP contribution in [-0.4, -0.2) is 64.6 Å². The first-order chi connectivity index (χ1) is 9.92. The number of sulfonamides is 1. The van der Waals surface area contributed by atoms with E-state index in [1.807, 2.05) is 7.05 Å². The van der Waals surface area contributed by atoms with Crippen LogP contribution in [0, 0.1) is 0 Å². The van der Waals surface area contributed by atoms with Gasteiger partial charge in [0.15, 0.2) is 0 Å². The van der Waals surface area contributed by atoms with Crippen LogP contribution < -0.4 is 9.46 Å². The molecule has 1 N–H and O–H groups in total. The van der Waals surface area contributed by atoms with Gasteiger partial charge in [-0.1, -0.05) is 0 Å². The molecule has 0 radical (unpaired) electrons. The highest BCUT2D eigenvalue weighted by Gasteiger charge is 2.24. The first-order valence-electron chi connectivity index (χ1n) is 6.57. The number of carbonyl (C=O) groups excluding carboxylic acids is 1. The van der Waals surface area contributed by atoms with Crippen LogP contribution in [0.25, 0.3) is 0 Å². The maximum Gasteiger partial charge on any atom is 0.331 e. The summed E-state index contributed by atoms with van der Waals surface area (Å²) in [6, 6.07) is 5.29. The molecule has 0 aliphatic carbocycles. The molecule has 1 aromatic rings. The van der Waals surface area contributed by atoms with Gasteiger partial charge in [-0.05, 0) is 31.3 Å². The average molecular weight is 313 g/mol. The van der Waals surface area contributed by atoms with Gasteiger partial charge in [0.2, 0.25) is 0 Å². The van der Waals surface area contributed by atoms with Crippen molar-refractivity contribution in [1.29, 1.82) is 0 Å². The third-order valence-corrected chi connectivity index (χ3v) is 4.72. The molecule has 116 valence electrons. The van der Waals surface area contributed by atoms with Gasteiger partial charge in [0, 0.05) is 26.2 Å². The fourth-order valence-corrected chi connectivity index (χ4v) is 2.97. The zero-order valence-electron chi connectivity index (χ0n) is 12.1. The van der Waals surface area contributed by atoms with Crippen LogP contribution >= 0.6 is 0 Å². The summed E-state index contributed by atoms with van der Waals surface area (Å²) in [5, 5.41) is 0. The van der Waals surface area contributed by atoms with Crippen molar-refractivity contribution in [2.75, 3.05) is 40.3 Å². The van der Waals surface area contributed by atoms with E-state index >= 15 is 0 Å². The molecule has 0 saturated carbocycles. The fraction of sp³-hybridized carbons (Fsp3) is 0.462. The van der Waals surface area contributed by atoms with Crippen molar-refractivity contribution >= 4 is 16.1 Å². The molecule has 1 aliphatic heterocycles. The molecule has 1 heterocycles. The van der Waals surface area contributed by atoms with E-state index in [9.17, 15) is 13.2 Å².